The van der Waals surface area contributed by atoms with Crippen molar-refractivity contribution in [1.29, 1.82) is 0 Å². The van der Waals surface area contributed by atoms with Gasteiger partial charge in [0.1, 0.15) is 0 Å². The van der Waals surface area contributed by atoms with E-state index in [1.165, 1.54) is 17.4 Å². The van der Waals surface area contributed by atoms with E-state index in [0.29, 0.717) is 10.8 Å². The quantitative estimate of drug-likeness (QED) is 0.794. The van der Waals surface area contributed by atoms with Gasteiger partial charge in [0.15, 0.2) is 0 Å². The van der Waals surface area contributed by atoms with E-state index >= 15 is 0 Å². The molecule has 6 heteroatoms. The van der Waals surface area contributed by atoms with Crippen LogP contribution in [0, 0.1) is 5.41 Å². The van der Waals surface area contributed by atoms with Crippen LogP contribution in [0.1, 0.15) is 25.1 Å². The lowest BCUT2D eigenvalue weighted by molar-refractivity contribution is -0.148. The van der Waals surface area contributed by atoms with E-state index in [9.17, 15) is 9.59 Å². The predicted molar refractivity (Wildman–Crippen MR) is 77.4 cm³/mol. The van der Waals surface area contributed by atoms with E-state index in [0.717, 1.165) is 4.88 Å². The molecule has 0 bridgehead atoms. The Kier molecular flexibility index (Phi) is 5.57. The van der Waals surface area contributed by atoms with E-state index in [-0.39, 0.29) is 12.5 Å². The van der Waals surface area contributed by atoms with Gasteiger partial charge in [-0.3, -0.25) is 9.59 Å². The number of hydrogen-bond donors (Lipinski definition) is 2. The molecule has 1 heterocycles. The van der Waals surface area contributed by atoms with Crippen molar-refractivity contribution < 1.29 is 14.7 Å². The fraction of sp³-hybridized carbons (Fsp3) is 0.385. The van der Waals surface area contributed by atoms with Gasteiger partial charge in [-0.1, -0.05) is 18.5 Å². The normalized spacial score (nSPS) is 14.3. The Morgan fingerprint density at radius 3 is 2.68 bits per heavy atom. The van der Waals surface area contributed by atoms with Crippen LogP contribution in [0.5, 0.6) is 0 Å². The minimum Gasteiger partial charge on any atom is -0.481 e. The smallest absolute Gasteiger partial charge is 0.311 e. The molecule has 1 aromatic heterocycles. The number of carbonyl (C=O) groups is 2. The molecule has 0 saturated carbocycles. The fourth-order valence-corrected chi connectivity index (χ4v) is 2.23. The highest BCUT2D eigenvalue weighted by Crippen LogP contribution is 2.22. The van der Waals surface area contributed by atoms with E-state index < -0.39 is 11.4 Å². The van der Waals surface area contributed by atoms with Crippen molar-refractivity contribution in [2.75, 3.05) is 6.54 Å². The van der Waals surface area contributed by atoms with E-state index in [2.05, 4.69) is 5.32 Å². The number of nitrogens with one attached hydrogen (secondary N) is 1. The van der Waals surface area contributed by atoms with Crippen LogP contribution in [0.2, 0.25) is 4.34 Å². The first-order chi connectivity index (χ1) is 8.87. The Hall–Kier alpha value is -1.33. The maximum atomic E-state index is 11.6. The number of carboxylic acid groups (broad SMARTS) is 1. The summed E-state index contributed by atoms with van der Waals surface area (Å²) in [5.41, 5.74) is -0.935. The van der Waals surface area contributed by atoms with Gasteiger partial charge in [-0.2, -0.15) is 0 Å². The molecule has 0 aliphatic carbocycles. The molecular weight excluding hydrogens is 286 g/mol. The average Bonchev–Trinajstić information content (AvgIpc) is 2.79. The minimum atomic E-state index is -0.935. The molecule has 19 heavy (non-hydrogen) atoms. The molecule has 0 spiro atoms. The first kappa shape index (κ1) is 15.7. The molecule has 1 unspecified atom stereocenters. The van der Waals surface area contributed by atoms with E-state index in [1.807, 2.05) is 6.07 Å². The predicted octanol–water partition coefficient (Wildman–Crippen LogP) is 3.03. The summed E-state index contributed by atoms with van der Waals surface area (Å²) in [5.74, 6) is -1.23. The van der Waals surface area contributed by atoms with Gasteiger partial charge in [0.2, 0.25) is 5.91 Å². The Morgan fingerprint density at radius 1 is 1.53 bits per heavy atom. The summed E-state index contributed by atoms with van der Waals surface area (Å²) in [4.78, 5) is 23.5. The fourth-order valence-electron chi connectivity index (χ4n) is 1.27. The summed E-state index contributed by atoms with van der Waals surface area (Å²) in [5, 5.41) is 11.7. The second-order valence-electron chi connectivity index (χ2n) is 4.41. The van der Waals surface area contributed by atoms with Crippen molar-refractivity contribution in [1.82, 2.24) is 5.32 Å². The van der Waals surface area contributed by atoms with Crippen LogP contribution in [0.25, 0.3) is 6.08 Å². The number of carbonyl (C=O) groups excluding carboxylic acids is 1. The number of aliphatic carboxylic acids is 1. The topological polar surface area (TPSA) is 66.4 Å². The molecule has 4 nitrogen and oxygen atoms in total. The summed E-state index contributed by atoms with van der Waals surface area (Å²) in [6, 6.07) is 3.56. The van der Waals surface area contributed by atoms with Gasteiger partial charge in [0.25, 0.3) is 0 Å². The van der Waals surface area contributed by atoms with E-state index in [1.54, 1.807) is 26.0 Å². The largest absolute Gasteiger partial charge is 0.481 e. The molecule has 0 saturated heterocycles. The van der Waals surface area contributed by atoms with Crippen molar-refractivity contribution in [3.05, 3.63) is 27.4 Å². The third-order valence-electron chi connectivity index (χ3n) is 2.94. The molecule has 0 radical (unpaired) electrons. The zero-order valence-electron chi connectivity index (χ0n) is 10.8. The van der Waals surface area contributed by atoms with Crippen LogP contribution < -0.4 is 5.32 Å². The molecule has 1 atom stereocenters. The van der Waals surface area contributed by atoms with Crippen molar-refractivity contribution in [2.24, 2.45) is 5.41 Å². The monoisotopic (exact) mass is 301 g/mol. The molecule has 2 N–H and O–H groups in total. The van der Waals surface area contributed by atoms with Crippen LogP contribution in [-0.2, 0) is 9.59 Å². The van der Waals surface area contributed by atoms with Gasteiger partial charge in [-0.15, -0.1) is 11.3 Å². The molecule has 0 fully saturated rings. The highest BCUT2D eigenvalue weighted by molar-refractivity contribution is 7.17. The number of thiophene rings is 1. The minimum absolute atomic E-state index is 0.104. The van der Waals surface area contributed by atoms with Crippen molar-refractivity contribution in [3.8, 4) is 0 Å². The van der Waals surface area contributed by atoms with Crippen LogP contribution in [0.3, 0.4) is 0 Å². The number of amides is 1. The van der Waals surface area contributed by atoms with Crippen LogP contribution in [-0.4, -0.2) is 23.5 Å². The summed E-state index contributed by atoms with van der Waals surface area (Å²) >= 11 is 7.14. The Morgan fingerprint density at radius 2 is 2.21 bits per heavy atom. The summed E-state index contributed by atoms with van der Waals surface area (Å²) in [6.45, 7) is 3.50. The average molecular weight is 302 g/mol. The highest BCUT2D eigenvalue weighted by Gasteiger charge is 2.31. The molecular formula is C13H16ClNO3S. The summed E-state index contributed by atoms with van der Waals surface area (Å²) in [6.07, 6.45) is 3.48. The molecule has 0 aromatic carbocycles. The Labute approximate surface area is 121 Å². The van der Waals surface area contributed by atoms with Gasteiger partial charge < -0.3 is 10.4 Å². The van der Waals surface area contributed by atoms with Gasteiger partial charge in [0, 0.05) is 17.5 Å². The molecule has 1 aromatic rings. The Bertz CT molecular complexity index is 498. The Balaban J connectivity index is 2.52. The molecule has 0 aliphatic heterocycles. The number of rotatable bonds is 6. The van der Waals surface area contributed by atoms with Crippen LogP contribution in [0.4, 0.5) is 0 Å². The van der Waals surface area contributed by atoms with Crippen molar-refractivity contribution in [2.45, 2.75) is 20.3 Å². The van der Waals surface area contributed by atoms with Crippen molar-refractivity contribution >= 4 is 40.9 Å². The molecule has 0 aliphatic rings. The van der Waals surface area contributed by atoms with Crippen molar-refractivity contribution in [3.63, 3.8) is 0 Å². The van der Waals surface area contributed by atoms with Crippen LogP contribution in [0.15, 0.2) is 18.2 Å². The van der Waals surface area contributed by atoms with Gasteiger partial charge in [-0.25, -0.2) is 0 Å². The zero-order chi connectivity index (χ0) is 14.5. The highest BCUT2D eigenvalue weighted by atomic mass is 35.5. The number of hydrogen-bond acceptors (Lipinski definition) is 3. The van der Waals surface area contributed by atoms with Gasteiger partial charge in [0.05, 0.1) is 9.75 Å². The third kappa shape index (κ3) is 4.69. The summed E-state index contributed by atoms with van der Waals surface area (Å²) in [7, 11) is 0. The first-order valence-corrected chi connectivity index (χ1v) is 7.01. The lowest BCUT2D eigenvalue weighted by atomic mass is 9.88. The molecule has 1 rings (SSSR count). The lowest BCUT2D eigenvalue weighted by Gasteiger charge is -2.22. The third-order valence-corrected chi connectivity index (χ3v) is 4.14. The maximum absolute atomic E-state index is 11.6. The molecule has 1 amide bonds. The van der Waals surface area contributed by atoms with E-state index in [4.69, 9.17) is 16.7 Å². The van der Waals surface area contributed by atoms with Gasteiger partial charge in [-0.05, 0) is 31.6 Å². The second-order valence-corrected chi connectivity index (χ2v) is 6.16. The SMILES string of the molecule is CCC(C)(CNC(=O)/C=C/c1ccc(Cl)s1)C(=O)O. The maximum Gasteiger partial charge on any atom is 0.311 e. The number of halogens is 1. The van der Waals surface area contributed by atoms with Gasteiger partial charge >= 0.3 is 5.97 Å². The van der Waals surface area contributed by atoms with Crippen LogP contribution >= 0.6 is 22.9 Å². The first-order valence-electron chi connectivity index (χ1n) is 5.82. The standard InChI is InChI=1S/C13H16ClNO3S/c1-3-13(2,12(17)18)8-15-11(16)7-5-9-4-6-10(14)19-9/h4-7H,3,8H2,1-2H3,(H,15,16)(H,17,18)/b7-5+. The summed E-state index contributed by atoms with van der Waals surface area (Å²) < 4.78 is 0.657. The second kappa shape index (κ2) is 6.73. The number of carboxylic acids is 1. The molecule has 104 valence electrons. The lowest BCUT2D eigenvalue weighted by Crippen LogP contribution is -2.40. The zero-order valence-corrected chi connectivity index (χ0v) is 12.3.